The maximum Gasteiger partial charge on any atom is 0.247 e. The van der Waals surface area contributed by atoms with Crippen molar-refractivity contribution in [3.05, 3.63) is 29.8 Å². The van der Waals surface area contributed by atoms with Crippen molar-refractivity contribution < 1.29 is 9.90 Å². The Morgan fingerprint density at radius 2 is 1.89 bits per heavy atom. The van der Waals surface area contributed by atoms with Gasteiger partial charge in [-0.1, -0.05) is 18.2 Å². The summed E-state index contributed by atoms with van der Waals surface area (Å²) in [6.07, 6.45) is -0.540. The summed E-state index contributed by atoms with van der Waals surface area (Å²) in [6, 6.07) is 7.75. The lowest BCUT2D eigenvalue weighted by Crippen LogP contribution is -2.62. The number of hydrogen-bond donors (Lipinski definition) is 1. The van der Waals surface area contributed by atoms with Gasteiger partial charge in [-0.3, -0.25) is 4.79 Å². The smallest absolute Gasteiger partial charge is 0.247 e. The second-order valence-electron chi connectivity index (χ2n) is 5.67. The maximum atomic E-state index is 12.3. The molecule has 1 amide bonds. The average Bonchev–Trinajstić information content (AvgIpc) is 2.36. The molecule has 0 unspecified atom stereocenters. The van der Waals surface area contributed by atoms with E-state index in [0.29, 0.717) is 6.54 Å². The van der Waals surface area contributed by atoms with E-state index in [1.807, 2.05) is 45.2 Å². The normalized spacial score (nSPS) is 20.6. The van der Waals surface area contributed by atoms with Crippen molar-refractivity contribution in [1.29, 1.82) is 0 Å². The number of hydrogen-bond acceptors (Lipinski definition) is 3. The predicted octanol–water partition coefficient (Wildman–Crippen LogP) is 1.80. The molecule has 0 aliphatic carbocycles. The van der Waals surface area contributed by atoms with Crippen molar-refractivity contribution >= 4 is 11.6 Å². The summed E-state index contributed by atoms with van der Waals surface area (Å²) in [5, 5.41) is 9.90. The van der Waals surface area contributed by atoms with E-state index in [9.17, 15) is 9.90 Å². The minimum Gasteiger partial charge on any atom is -0.389 e. The van der Waals surface area contributed by atoms with Gasteiger partial charge < -0.3 is 14.9 Å². The molecule has 1 N–H and O–H groups in total. The van der Waals surface area contributed by atoms with Crippen LogP contribution in [0, 0.1) is 0 Å². The Hall–Kier alpha value is -1.55. The highest BCUT2D eigenvalue weighted by molar-refractivity contribution is 5.90. The van der Waals surface area contributed by atoms with Gasteiger partial charge in [0.05, 0.1) is 6.10 Å². The van der Waals surface area contributed by atoms with Crippen molar-refractivity contribution in [3.8, 4) is 0 Å². The van der Waals surface area contributed by atoms with Crippen LogP contribution in [0.25, 0.3) is 0 Å². The number of likely N-dealkylation sites (N-methyl/N-ethyl adjacent to an activating group) is 1. The monoisotopic (exact) mass is 262 g/mol. The van der Waals surface area contributed by atoms with Gasteiger partial charge in [0.1, 0.15) is 5.54 Å². The zero-order valence-corrected chi connectivity index (χ0v) is 12.1. The first-order valence-electron chi connectivity index (χ1n) is 6.66. The lowest BCUT2D eigenvalue weighted by atomic mass is 9.95. The van der Waals surface area contributed by atoms with E-state index in [2.05, 4.69) is 4.90 Å². The Morgan fingerprint density at radius 1 is 1.26 bits per heavy atom. The Bertz CT molecular complexity index is 483. The zero-order chi connectivity index (χ0) is 14.2. The van der Waals surface area contributed by atoms with Gasteiger partial charge in [0, 0.05) is 31.4 Å². The molecule has 1 heterocycles. The number of amides is 1. The second kappa shape index (κ2) is 4.85. The Morgan fingerprint density at radius 3 is 2.53 bits per heavy atom. The molecule has 1 aromatic rings. The number of anilines is 1. The Balaban J connectivity index is 2.44. The number of aliphatic hydroxyl groups excluding tert-OH is 1. The van der Waals surface area contributed by atoms with Crippen molar-refractivity contribution in [2.24, 2.45) is 0 Å². The van der Waals surface area contributed by atoms with Crippen LogP contribution in [-0.2, 0) is 4.79 Å². The molecule has 0 spiro atoms. The molecule has 0 aromatic heterocycles. The highest BCUT2D eigenvalue weighted by Gasteiger charge is 2.41. The molecular weight excluding hydrogens is 240 g/mol. The van der Waals surface area contributed by atoms with Crippen LogP contribution in [0.2, 0.25) is 0 Å². The van der Waals surface area contributed by atoms with Crippen LogP contribution in [0.5, 0.6) is 0 Å². The van der Waals surface area contributed by atoms with Crippen LogP contribution in [0.4, 0.5) is 5.69 Å². The summed E-state index contributed by atoms with van der Waals surface area (Å²) < 4.78 is 0. The number of para-hydroxylation sites is 1. The lowest BCUT2D eigenvalue weighted by Gasteiger charge is -2.47. The molecule has 4 heteroatoms. The molecule has 1 aromatic carbocycles. The molecule has 1 aliphatic heterocycles. The van der Waals surface area contributed by atoms with Gasteiger partial charge in [0.15, 0.2) is 0 Å². The molecule has 4 nitrogen and oxygen atoms in total. The molecule has 1 saturated heterocycles. The number of rotatable bonds is 2. The first-order chi connectivity index (χ1) is 8.85. The summed E-state index contributed by atoms with van der Waals surface area (Å²) in [6.45, 7) is 7.10. The molecule has 1 aliphatic rings. The van der Waals surface area contributed by atoms with Crippen LogP contribution in [0.1, 0.15) is 32.4 Å². The summed E-state index contributed by atoms with van der Waals surface area (Å²) in [5.41, 5.74) is 1.23. The molecule has 1 atom stereocenters. The average molecular weight is 262 g/mol. The summed E-state index contributed by atoms with van der Waals surface area (Å²) in [7, 11) is 1.84. The lowest BCUT2D eigenvalue weighted by molar-refractivity contribution is -0.136. The van der Waals surface area contributed by atoms with Gasteiger partial charge in [-0.2, -0.15) is 0 Å². The first-order valence-corrected chi connectivity index (χ1v) is 6.66. The maximum absolute atomic E-state index is 12.3. The fourth-order valence-corrected chi connectivity index (χ4v) is 2.72. The van der Waals surface area contributed by atoms with Gasteiger partial charge >= 0.3 is 0 Å². The highest BCUT2D eigenvalue weighted by Crippen LogP contribution is 2.33. The van der Waals surface area contributed by atoms with E-state index in [4.69, 9.17) is 0 Å². The highest BCUT2D eigenvalue weighted by atomic mass is 16.3. The van der Waals surface area contributed by atoms with E-state index >= 15 is 0 Å². The molecule has 0 bridgehead atoms. The van der Waals surface area contributed by atoms with Gasteiger partial charge in [-0.15, -0.1) is 0 Å². The van der Waals surface area contributed by atoms with E-state index in [0.717, 1.165) is 17.8 Å². The van der Waals surface area contributed by atoms with Crippen molar-refractivity contribution in [2.45, 2.75) is 32.4 Å². The summed E-state index contributed by atoms with van der Waals surface area (Å²) in [4.78, 5) is 16.2. The molecule has 104 valence electrons. The molecule has 0 saturated carbocycles. The fourth-order valence-electron chi connectivity index (χ4n) is 2.72. The minimum absolute atomic E-state index is 0.110. The second-order valence-corrected chi connectivity index (χ2v) is 5.67. The van der Waals surface area contributed by atoms with Crippen molar-refractivity contribution in [1.82, 2.24) is 4.90 Å². The SMILES string of the molecule is C[C@H](O)c1ccccc1N1CCN(C)C(=O)C1(C)C. The van der Waals surface area contributed by atoms with Gasteiger partial charge in [0.25, 0.3) is 0 Å². The topological polar surface area (TPSA) is 43.8 Å². The van der Waals surface area contributed by atoms with Gasteiger partial charge in [-0.05, 0) is 26.8 Å². The van der Waals surface area contributed by atoms with E-state index in [1.165, 1.54) is 0 Å². The number of carbonyl (C=O) groups excluding carboxylic acids is 1. The minimum atomic E-state index is -0.585. The third-order valence-electron chi connectivity index (χ3n) is 3.88. The van der Waals surface area contributed by atoms with Crippen molar-refractivity contribution in [2.75, 3.05) is 25.0 Å². The van der Waals surface area contributed by atoms with Gasteiger partial charge in [0.2, 0.25) is 5.91 Å². The standard InChI is InChI=1S/C15H22N2O2/c1-11(18)12-7-5-6-8-13(12)17-10-9-16(4)14(19)15(17,2)3/h5-8,11,18H,9-10H2,1-4H3/t11-/m0/s1. The van der Waals surface area contributed by atoms with E-state index < -0.39 is 11.6 Å². The number of carbonyl (C=O) groups is 1. The first kappa shape index (κ1) is 13.9. The van der Waals surface area contributed by atoms with Crippen LogP contribution >= 0.6 is 0 Å². The number of benzene rings is 1. The molecule has 0 radical (unpaired) electrons. The quantitative estimate of drug-likeness (QED) is 0.884. The Kier molecular flexibility index (Phi) is 3.54. The molecule has 2 rings (SSSR count). The third kappa shape index (κ3) is 2.32. The van der Waals surface area contributed by atoms with Crippen LogP contribution in [0.3, 0.4) is 0 Å². The van der Waals surface area contributed by atoms with E-state index in [1.54, 1.807) is 11.8 Å². The number of nitrogens with zero attached hydrogens (tertiary/aromatic N) is 2. The summed E-state index contributed by atoms with van der Waals surface area (Å²) >= 11 is 0. The number of aliphatic hydroxyl groups is 1. The summed E-state index contributed by atoms with van der Waals surface area (Å²) in [5.74, 6) is 0.110. The van der Waals surface area contributed by atoms with Crippen molar-refractivity contribution in [3.63, 3.8) is 0 Å². The fraction of sp³-hybridized carbons (Fsp3) is 0.533. The zero-order valence-electron chi connectivity index (χ0n) is 12.1. The van der Waals surface area contributed by atoms with Gasteiger partial charge in [-0.25, -0.2) is 0 Å². The Labute approximate surface area is 114 Å². The van der Waals surface area contributed by atoms with Crippen LogP contribution in [0.15, 0.2) is 24.3 Å². The third-order valence-corrected chi connectivity index (χ3v) is 3.88. The molecule has 19 heavy (non-hydrogen) atoms. The van der Waals surface area contributed by atoms with Crippen LogP contribution < -0.4 is 4.90 Å². The molecular formula is C15H22N2O2. The largest absolute Gasteiger partial charge is 0.389 e. The van der Waals surface area contributed by atoms with E-state index in [-0.39, 0.29) is 5.91 Å². The predicted molar refractivity (Wildman–Crippen MR) is 76.1 cm³/mol. The van der Waals surface area contributed by atoms with Crippen LogP contribution in [-0.4, -0.2) is 41.6 Å². The number of piperazine rings is 1. The molecule has 1 fully saturated rings.